The molecule has 8 nitrogen and oxygen atoms in total. The molecule has 2 saturated heterocycles. The van der Waals surface area contributed by atoms with Crippen molar-refractivity contribution < 1.29 is 9.59 Å². The van der Waals surface area contributed by atoms with Gasteiger partial charge in [-0.25, -0.2) is 4.68 Å². The van der Waals surface area contributed by atoms with E-state index in [0.717, 1.165) is 51.9 Å². The number of rotatable bonds is 5. The molecule has 2 amide bonds. The fraction of sp³-hybridized carbons (Fsp3) is 0.765. The van der Waals surface area contributed by atoms with Crippen LogP contribution in [0.5, 0.6) is 0 Å². The highest BCUT2D eigenvalue weighted by Gasteiger charge is 2.19. The fourth-order valence-corrected chi connectivity index (χ4v) is 3.48. The van der Waals surface area contributed by atoms with Crippen LogP contribution in [0.15, 0.2) is 6.20 Å². The summed E-state index contributed by atoms with van der Waals surface area (Å²) in [6.07, 6.45) is 8.61. The monoisotopic (exact) mass is 384 g/mol. The molecule has 2 aliphatic rings. The van der Waals surface area contributed by atoms with Crippen LogP contribution >= 0.6 is 12.4 Å². The SMILES string of the molecule is Cl.O=C(NCCC(=O)N1CCCCCC1)c1cn(C2CCNCC2)nn1. The van der Waals surface area contributed by atoms with Crippen molar-refractivity contribution in [2.45, 2.75) is 51.0 Å². The summed E-state index contributed by atoms with van der Waals surface area (Å²) in [6.45, 7) is 3.96. The van der Waals surface area contributed by atoms with Crippen molar-refractivity contribution in [3.05, 3.63) is 11.9 Å². The van der Waals surface area contributed by atoms with Gasteiger partial charge in [0.2, 0.25) is 5.91 Å². The van der Waals surface area contributed by atoms with E-state index in [1.807, 2.05) is 4.90 Å². The lowest BCUT2D eigenvalue weighted by Gasteiger charge is -2.22. The molecule has 2 fully saturated rings. The van der Waals surface area contributed by atoms with Crippen LogP contribution in [0.3, 0.4) is 0 Å². The summed E-state index contributed by atoms with van der Waals surface area (Å²) in [5.41, 5.74) is 0.320. The Morgan fingerprint density at radius 2 is 1.85 bits per heavy atom. The minimum atomic E-state index is -0.260. The van der Waals surface area contributed by atoms with E-state index < -0.39 is 0 Å². The number of halogens is 1. The van der Waals surface area contributed by atoms with Crippen molar-refractivity contribution in [3.63, 3.8) is 0 Å². The van der Waals surface area contributed by atoms with Gasteiger partial charge in [0.1, 0.15) is 0 Å². The predicted molar refractivity (Wildman–Crippen MR) is 100 cm³/mol. The van der Waals surface area contributed by atoms with Crippen molar-refractivity contribution in [1.29, 1.82) is 0 Å². The van der Waals surface area contributed by atoms with Gasteiger partial charge in [0.05, 0.1) is 12.2 Å². The minimum absolute atomic E-state index is 0. The third kappa shape index (κ3) is 5.67. The average molecular weight is 385 g/mol. The van der Waals surface area contributed by atoms with Crippen molar-refractivity contribution >= 4 is 24.2 Å². The third-order valence-corrected chi connectivity index (χ3v) is 5.01. The number of hydrogen-bond acceptors (Lipinski definition) is 5. The summed E-state index contributed by atoms with van der Waals surface area (Å²) < 4.78 is 1.79. The molecular formula is C17H29ClN6O2. The first kappa shape index (κ1) is 20.6. The van der Waals surface area contributed by atoms with Gasteiger partial charge >= 0.3 is 0 Å². The van der Waals surface area contributed by atoms with Crippen LogP contribution < -0.4 is 10.6 Å². The number of aromatic nitrogens is 3. The molecule has 0 bridgehead atoms. The number of nitrogens with one attached hydrogen (secondary N) is 2. The molecule has 1 aromatic heterocycles. The quantitative estimate of drug-likeness (QED) is 0.794. The first-order chi connectivity index (χ1) is 12.2. The number of likely N-dealkylation sites (tertiary alicyclic amines) is 1. The van der Waals surface area contributed by atoms with E-state index >= 15 is 0 Å². The second-order valence-corrected chi connectivity index (χ2v) is 6.87. The lowest BCUT2D eigenvalue weighted by molar-refractivity contribution is -0.131. The highest BCUT2D eigenvalue weighted by Crippen LogP contribution is 2.17. The first-order valence-corrected chi connectivity index (χ1v) is 9.42. The van der Waals surface area contributed by atoms with Crippen molar-refractivity contribution in [2.24, 2.45) is 0 Å². The van der Waals surface area contributed by atoms with Crippen molar-refractivity contribution in [1.82, 2.24) is 30.5 Å². The van der Waals surface area contributed by atoms with Gasteiger partial charge in [-0.3, -0.25) is 9.59 Å². The molecule has 0 aliphatic carbocycles. The summed E-state index contributed by atoms with van der Waals surface area (Å²) in [5, 5.41) is 14.2. The molecule has 1 aromatic rings. The van der Waals surface area contributed by atoms with Crippen LogP contribution in [0.4, 0.5) is 0 Å². The van der Waals surface area contributed by atoms with Crippen LogP contribution in [0, 0.1) is 0 Å². The number of hydrogen-bond donors (Lipinski definition) is 2. The largest absolute Gasteiger partial charge is 0.350 e. The average Bonchev–Trinajstić information content (AvgIpc) is 2.98. The number of carbonyl (C=O) groups excluding carboxylic acids is 2. The van der Waals surface area contributed by atoms with Gasteiger partial charge < -0.3 is 15.5 Å². The Morgan fingerprint density at radius 3 is 2.54 bits per heavy atom. The smallest absolute Gasteiger partial charge is 0.273 e. The fourth-order valence-electron chi connectivity index (χ4n) is 3.48. The molecule has 3 heterocycles. The van der Waals surface area contributed by atoms with Gasteiger partial charge in [-0.15, -0.1) is 17.5 Å². The lowest BCUT2D eigenvalue weighted by Crippen LogP contribution is -2.35. The summed E-state index contributed by atoms with van der Waals surface area (Å²) in [4.78, 5) is 26.3. The second kappa shape index (κ2) is 10.5. The Kier molecular flexibility index (Phi) is 8.31. The van der Waals surface area contributed by atoms with Crippen LogP contribution in [0.25, 0.3) is 0 Å². The molecule has 0 atom stereocenters. The zero-order chi connectivity index (χ0) is 17.5. The predicted octanol–water partition coefficient (Wildman–Crippen LogP) is 1.15. The number of piperidine rings is 1. The minimum Gasteiger partial charge on any atom is -0.350 e. The van der Waals surface area contributed by atoms with Gasteiger partial charge in [-0.1, -0.05) is 18.1 Å². The first-order valence-electron chi connectivity index (χ1n) is 9.42. The van der Waals surface area contributed by atoms with E-state index in [1.54, 1.807) is 10.9 Å². The summed E-state index contributed by atoms with van der Waals surface area (Å²) >= 11 is 0. The molecule has 0 saturated carbocycles. The normalized spacial score (nSPS) is 18.7. The zero-order valence-electron chi connectivity index (χ0n) is 15.2. The van der Waals surface area contributed by atoms with E-state index in [9.17, 15) is 9.59 Å². The molecule has 9 heteroatoms. The Hall–Kier alpha value is -1.67. The molecular weight excluding hydrogens is 356 g/mol. The van der Waals surface area contributed by atoms with Gasteiger partial charge in [0.15, 0.2) is 5.69 Å². The summed E-state index contributed by atoms with van der Waals surface area (Å²) in [7, 11) is 0. The topological polar surface area (TPSA) is 92.2 Å². The lowest BCUT2D eigenvalue weighted by atomic mass is 10.1. The van der Waals surface area contributed by atoms with Gasteiger partial charge in [0.25, 0.3) is 5.91 Å². The van der Waals surface area contributed by atoms with E-state index in [2.05, 4.69) is 20.9 Å². The Bertz CT molecular complexity index is 580. The van der Waals surface area contributed by atoms with Crippen LogP contribution in [0.1, 0.15) is 61.5 Å². The molecule has 0 radical (unpaired) electrons. The standard InChI is InChI=1S/C17H28N6O2.ClH/c24-16(22-11-3-1-2-4-12-22)7-10-19-17(25)15-13-23(21-20-15)14-5-8-18-9-6-14;/h13-14,18H,1-12H2,(H,19,25);1H. The maximum Gasteiger partial charge on any atom is 0.273 e. The number of amides is 2. The summed E-state index contributed by atoms with van der Waals surface area (Å²) in [5.74, 6) is -0.135. The third-order valence-electron chi connectivity index (χ3n) is 5.01. The molecule has 0 spiro atoms. The maximum absolute atomic E-state index is 12.2. The molecule has 0 unspecified atom stereocenters. The highest BCUT2D eigenvalue weighted by molar-refractivity contribution is 5.92. The molecule has 0 aromatic carbocycles. The number of carbonyl (C=O) groups is 2. The van der Waals surface area contributed by atoms with E-state index in [-0.39, 0.29) is 24.2 Å². The highest BCUT2D eigenvalue weighted by atomic mass is 35.5. The van der Waals surface area contributed by atoms with Crippen molar-refractivity contribution in [3.8, 4) is 0 Å². The van der Waals surface area contributed by atoms with Crippen molar-refractivity contribution in [2.75, 3.05) is 32.7 Å². The van der Waals surface area contributed by atoms with Crippen LogP contribution in [0.2, 0.25) is 0 Å². The Morgan fingerprint density at radius 1 is 1.15 bits per heavy atom. The maximum atomic E-state index is 12.2. The molecule has 3 rings (SSSR count). The van der Waals surface area contributed by atoms with Crippen LogP contribution in [-0.2, 0) is 4.79 Å². The molecule has 2 aliphatic heterocycles. The Balaban J connectivity index is 0.00000243. The summed E-state index contributed by atoms with van der Waals surface area (Å²) in [6, 6.07) is 0.305. The zero-order valence-corrected chi connectivity index (χ0v) is 16.0. The van der Waals surface area contributed by atoms with Crippen LogP contribution in [-0.4, -0.2) is 64.4 Å². The Labute approximate surface area is 160 Å². The second-order valence-electron chi connectivity index (χ2n) is 6.87. The number of nitrogens with zero attached hydrogens (tertiary/aromatic N) is 4. The van der Waals surface area contributed by atoms with E-state index in [4.69, 9.17) is 0 Å². The molecule has 26 heavy (non-hydrogen) atoms. The van der Waals surface area contributed by atoms with Gasteiger partial charge in [0, 0.05) is 26.1 Å². The van der Waals surface area contributed by atoms with E-state index in [1.165, 1.54) is 12.8 Å². The molecule has 2 N–H and O–H groups in total. The van der Waals surface area contributed by atoms with Gasteiger partial charge in [-0.05, 0) is 38.8 Å². The molecule has 146 valence electrons. The van der Waals surface area contributed by atoms with Gasteiger partial charge in [-0.2, -0.15) is 0 Å². The van der Waals surface area contributed by atoms with E-state index in [0.29, 0.717) is 24.7 Å².